The van der Waals surface area contributed by atoms with Crippen LogP contribution in [0, 0.1) is 0 Å². The predicted molar refractivity (Wildman–Crippen MR) is 121 cm³/mol. The molecule has 0 bridgehead atoms. The minimum absolute atomic E-state index is 0.204. The van der Waals surface area contributed by atoms with Gasteiger partial charge in [-0.3, -0.25) is 4.79 Å². The molecule has 0 aliphatic heterocycles. The summed E-state index contributed by atoms with van der Waals surface area (Å²) < 4.78 is 7.52. The van der Waals surface area contributed by atoms with Crippen LogP contribution in [0.4, 0.5) is 5.69 Å². The number of para-hydroxylation sites is 2. The summed E-state index contributed by atoms with van der Waals surface area (Å²) in [7, 11) is 1.88. The van der Waals surface area contributed by atoms with Crippen LogP contribution in [0.1, 0.15) is 22.1 Å². The van der Waals surface area contributed by atoms with Crippen LogP contribution in [0.3, 0.4) is 0 Å². The Hall–Kier alpha value is -4.60. The highest BCUT2D eigenvalue weighted by molar-refractivity contribution is 5.95. The van der Waals surface area contributed by atoms with Crippen LogP contribution >= 0.6 is 0 Å². The van der Waals surface area contributed by atoms with E-state index in [1.165, 1.54) is 6.33 Å². The van der Waals surface area contributed by atoms with Gasteiger partial charge in [0.05, 0.1) is 13.1 Å². The quantitative estimate of drug-likeness (QED) is 0.396. The smallest absolute Gasteiger partial charge is 0.251 e. The van der Waals surface area contributed by atoms with Crippen molar-refractivity contribution in [3.8, 4) is 11.5 Å². The van der Waals surface area contributed by atoms with Gasteiger partial charge in [0.2, 0.25) is 5.89 Å². The Labute approximate surface area is 188 Å². The van der Waals surface area contributed by atoms with Crippen molar-refractivity contribution >= 4 is 22.7 Å². The Kier molecular flexibility index (Phi) is 5.46. The van der Waals surface area contributed by atoms with Crippen molar-refractivity contribution in [2.45, 2.75) is 13.1 Å². The predicted octanol–water partition coefficient (Wildman–Crippen LogP) is 2.96. The topological polar surface area (TPSA) is 124 Å². The number of amides is 1. The molecule has 2 N–H and O–H groups in total. The molecule has 0 radical (unpaired) electrons. The molecule has 2 aromatic carbocycles. The molecule has 0 aliphatic carbocycles. The molecule has 10 nitrogen and oxygen atoms in total. The minimum atomic E-state index is -0.217. The van der Waals surface area contributed by atoms with E-state index in [0.29, 0.717) is 35.1 Å². The van der Waals surface area contributed by atoms with Gasteiger partial charge in [0.25, 0.3) is 5.91 Å². The van der Waals surface area contributed by atoms with Crippen LogP contribution < -0.4 is 10.6 Å². The average molecular weight is 440 g/mol. The number of benzene rings is 2. The highest BCUT2D eigenvalue weighted by Crippen LogP contribution is 2.17. The van der Waals surface area contributed by atoms with E-state index in [1.54, 1.807) is 24.4 Å². The van der Waals surface area contributed by atoms with Crippen LogP contribution in [-0.4, -0.2) is 35.6 Å². The Balaban J connectivity index is 1.22. The van der Waals surface area contributed by atoms with Crippen LogP contribution in [0.25, 0.3) is 22.6 Å². The molecule has 5 aromatic rings. The van der Waals surface area contributed by atoms with E-state index in [9.17, 15) is 4.79 Å². The van der Waals surface area contributed by atoms with Crippen molar-refractivity contribution < 1.29 is 9.21 Å². The van der Waals surface area contributed by atoms with Crippen LogP contribution in [0.15, 0.2) is 71.5 Å². The number of carbonyl (C=O) groups is 1. The number of hydrogen-bond donors (Lipinski definition) is 2. The number of anilines is 1. The number of aromatic nitrogens is 6. The SMILES string of the molecule is Cn1c(CNc2cccc(C(=O)NCc3nc4ccccc4o3)c2)nnc1-c1ccncn1. The molecule has 0 atom stereocenters. The van der Waals surface area contributed by atoms with Gasteiger partial charge in [-0.05, 0) is 36.4 Å². The first kappa shape index (κ1) is 20.3. The molecule has 5 rings (SSSR count). The summed E-state index contributed by atoms with van der Waals surface area (Å²) >= 11 is 0. The lowest BCUT2D eigenvalue weighted by atomic mass is 10.2. The number of hydrogen-bond acceptors (Lipinski definition) is 8. The monoisotopic (exact) mass is 440 g/mol. The molecular weight excluding hydrogens is 420 g/mol. The van der Waals surface area contributed by atoms with E-state index in [-0.39, 0.29) is 12.5 Å². The van der Waals surface area contributed by atoms with Crippen LogP contribution in [-0.2, 0) is 20.1 Å². The second-order valence-electron chi connectivity index (χ2n) is 7.29. The molecule has 0 unspecified atom stereocenters. The first-order valence-corrected chi connectivity index (χ1v) is 10.3. The lowest BCUT2D eigenvalue weighted by Crippen LogP contribution is -2.23. The van der Waals surface area contributed by atoms with Gasteiger partial charge in [-0.25, -0.2) is 15.0 Å². The molecule has 0 saturated heterocycles. The molecule has 10 heteroatoms. The summed E-state index contributed by atoms with van der Waals surface area (Å²) in [6.45, 7) is 0.637. The van der Waals surface area contributed by atoms with Crippen molar-refractivity contribution in [3.05, 3.63) is 84.4 Å². The van der Waals surface area contributed by atoms with Crippen molar-refractivity contribution in [2.24, 2.45) is 7.05 Å². The van der Waals surface area contributed by atoms with Crippen LogP contribution in [0.5, 0.6) is 0 Å². The normalized spacial score (nSPS) is 10.9. The fourth-order valence-corrected chi connectivity index (χ4v) is 3.37. The van der Waals surface area contributed by atoms with Gasteiger partial charge in [-0.15, -0.1) is 10.2 Å². The van der Waals surface area contributed by atoms with Gasteiger partial charge >= 0.3 is 0 Å². The first-order valence-electron chi connectivity index (χ1n) is 10.3. The van der Waals surface area contributed by atoms with Gasteiger partial charge in [0, 0.05) is 24.5 Å². The average Bonchev–Trinajstić information content (AvgIpc) is 3.44. The standard InChI is InChI=1S/C23H20N8O2/c1-31-20(29-30-22(31)18-9-10-24-14-27-18)12-25-16-6-4-5-15(11-16)23(32)26-13-21-28-17-7-2-3-8-19(17)33-21/h2-11,14,25H,12-13H2,1H3,(H,26,32). The zero-order chi connectivity index (χ0) is 22.6. The maximum atomic E-state index is 12.6. The zero-order valence-corrected chi connectivity index (χ0v) is 17.8. The summed E-state index contributed by atoms with van der Waals surface area (Å²) in [4.78, 5) is 25.1. The molecule has 3 aromatic heterocycles. The lowest BCUT2D eigenvalue weighted by Gasteiger charge is -2.09. The molecule has 1 amide bonds. The third-order valence-corrected chi connectivity index (χ3v) is 5.09. The fourth-order valence-electron chi connectivity index (χ4n) is 3.37. The van der Waals surface area contributed by atoms with Gasteiger partial charge in [-0.1, -0.05) is 18.2 Å². The second-order valence-corrected chi connectivity index (χ2v) is 7.29. The number of rotatable bonds is 7. The number of fused-ring (bicyclic) bond motifs is 1. The highest BCUT2D eigenvalue weighted by atomic mass is 16.3. The largest absolute Gasteiger partial charge is 0.439 e. The van der Waals surface area contributed by atoms with Crippen LogP contribution in [0.2, 0.25) is 0 Å². The molecular formula is C23H20N8O2. The molecule has 33 heavy (non-hydrogen) atoms. The Morgan fingerprint density at radius 2 is 1.97 bits per heavy atom. The summed E-state index contributed by atoms with van der Waals surface area (Å²) in [5.41, 5.74) is 3.47. The molecule has 0 fully saturated rings. The number of oxazole rings is 1. The second kappa shape index (κ2) is 8.87. The van der Waals surface area contributed by atoms with E-state index in [4.69, 9.17) is 4.42 Å². The molecule has 3 heterocycles. The third-order valence-electron chi connectivity index (χ3n) is 5.09. The van der Waals surface area contributed by atoms with E-state index >= 15 is 0 Å². The zero-order valence-electron chi connectivity index (χ0n) is 17.8. The highest BCUT2D eigenvalue weighted by Gasteiger charge is 2.13. The number of carbonyl (C=O) groups excluding carboxylic acids is 1. The minimum Gasteiger partial charge on any atom is -0.439 e. The van der Waals surface area contributed by atoms with Gasteiger partial charge < -0.3 is 19.6 Å². The molecule has 0 saturated carbocycles. The van der Waals surface area contributed by atoms with Crippen molar-refractivity contribution in [3.63, 3.8) is 0 Å². The maximum absolute atomic E-state index is 12.6. The van der Waals surface area contributed by atoms with Gasteiger partial charge in [0.15, 0.2) is 17.2 Å². The summed E-state index contributed by atoms with van der Waals surface area (Å²) in [6.07, 6.45) is 3.14. The Morgan fingerprint density at radius 1 is 1.06 bits per heavy atom. The van der Waals surface area contributed by atoms with Crippen molar-refractivity contribution in [1.82, 2.24) is 35.0 Å². The summed E-state index contributed by atoms with van der Waals surface area (Å²) in [6, 6.07) is 16.5. The summed E-state index contributed by atoms with van der Waals surface area (Å²) in [5, 5.41) is 14.6. The van der Waals surface area contributed by atoms with E-state index in [0.717, 1.165) is 17.0 Å². The first-order chi connectivity index (χ1) is 16.2. The molecule has 0 spiro atoms. The Morgan fingerprint density at radius 3 is 2.82 bits per heavy atom. The Bertz CT molecular complexity index is 1380. The lowest BCUT2D eigenvalue weighted by molar-refractivity contribution is 0.0947. The van der Waals surface area contributed by atoms with E-state index < -0.39 is 0 Å². The van der Waals surface area contributed by atoms with E-state index in [2.05, 4.69) is 35.8 Å². The maximum Gasteiger partial charge on any atom is 0.251 e. The third kappa shape index (κ3) is 4.40. The van der Waals surface area contributed by atoms with Gasteiger partial charge in [-0.2, -0.15) is 0 Å². The van der Waals surface area contributed by atoms with E-state index in [1.807, 2.05) is 48.0 Å². The van der Waals surface area contributed by atoms with Gasteiger partial charge in [0.1, 0.15) is 17.5 Å². The number of nitrogens with zero attached hydrogens (tertiary/aromatic N) is 6. The number of nitrogens with one attached hydrogen (secondary N) is 2. The molecule has 0 aliphatic rings. The fraction of sp³-hybridized carbons (Fsp3) is 0.130. The summed E-state index contributed by atoms with van der Waals surface area (Å²) in [5.74, 6) is 1.63. The van der Waals surface area contributed by atoms with Crippen molar-refractivity contribution in [2.75, 3.05) is 5.32 Å². The van der Waals surface area contributed by atoms with Crippen molar-refractivity contribution in [1.29, 1.82) is 0 Å². The molecule has 164 valence electrons.